The van der Waals surface area contributed by atoms with Crippen LogP contribution in [0.5, 0.6) is 0 Å². The van der Waals surface area contributed by atoms with Crippen molar-refractivity contribution in [2.45, 2.75) is 13.0 Å². The van der Waals surface area contributed by atoms with Gasteiger partial charge in [0.1, 0.15) is 0 Å². The number of hydrazine groups is 1. The van der Waals surface area contributed by atoms with E-state index in [1.165, 1.54) is 24.3 Å². The van der Waals surface area contributed by atoms with Crippen molar-refractivity contribution < 1.29 is 19.3 Å². The Hall–Kier alpha value is -3.23. The SMILES string of the molecule is O=C(c1ccc([N+](=O)[O-])cc1)N(Cc1ccc(Cl)c(Cl)c1)N1C(=O)[C@@H]2[C@H](C1=O)[C@H]1C=C[C@H]2C1. The van der Waals surface area contributed by atoms with Gasteiger partial charge in [-0.05, 0) is 48.1 Å². The van der Waals surface area contributed by atoms with Gasteiger partial charge in [0, 0.05) is 17.7 Å². The van der Waals surface area contributed by atoms with E-state index in [-0.39, 0.29) is 34.7 Å². The summed E-state index contributed by atoms with van der Waals surface area (Å²) < 4.78 is 0. The number of nitro benzene ring substituents is 1. The lowest BCUT2D eigenvalue weighted by Crippen LogP contribution is -2.50. The third-order valence-electron chi connectivity index (χ3n) is 6.56. The summed E-state index contributed by atoms with van der Waals surface area (Å²) in [5, 5.41) is 13.6. The van der Waals surface area contributed by atoms with Gasteiger partial charge in [-0.25, -0.2) is 5.01 Å². The molecule has 3 amide bonds. The lowest BCUT2D eigenvalue weighted by atomic mass is 9.85. The summed E-state index contributed by atoms with van der Waals surface area (Å²) >= 11 is 12.1. The molecule has 1 saturated carbocycles. The Morgan fingerprint density at radius 2 is 1.61 bits per heavy atom. The number of nitrogens with zero attached hydrogens (tertiary/aromatic N) is 3. The molecule has 1 heterocycles. The zero-order valence-electron chi connectivity index (χ0n) is 17.1. The minimum absolute atomic E-state index is 0.0113. The van der Waals surface area contributed by atoms with E-state index in [1.54, 1.807) is 18.2 Å². The van der Waals surface area contributed by atoms with Crippen molar-refractivity contribution in [3.63, 3.8) is 0 Å². The van der Waals surface area contributed by atoms with E-state index in [4.69, 9.17) is 23.2 Å². The second kappa shape index (κ2) is 7.97. The summed E-state index contributed by atoms with van der Waals surface area (Å²) in [5.41, 5.74) is 0.505. The second-order valence-electron chi connectivity index (χ2n) is 8.40. The van der Waals surface area contributed by atoms with Gasteiger partial charge < -0.3 is 0 Å². The molecule has 2 fully saturated rings. The van der Waals surface area contributed by atoms with Crippen LogP contribution in [0, 0.1) is 33.8 Å². The van der Waals surface area contributed by atoms with Crippen LogP contribution in [0.15, 0.2) is 54.6 Å². The molecule has 10 heteroatoms. The smallest absolute Gasteiger partial charge is 0.272 e. The zero-order chi connectivity index (χ0) is 23.4. The number of amides is 3. The first-order valence-electron chi connectivity index (χ1n) is 10.3. The number of non-ortho nitro benzene ring substituents is 1. The lowest BCUT2D eigenvalue weighted by molar-refractivity contribution is -0.384. The van der Waals surface area contributed by atoms with Crippen LogP contribution >= 0.6 is 23.2 Å². The van der Waals surface area contributed by atoms with Gasteiger partial charge >= 0.3 is 0 Å². The minimum atomic E-state index is -0.627. The lowest BCUT2D eigenvalue weighted by Gasteiger charge is -2.31. The number of nitro groups is 1. The molecule has 168 valence electrons. The van der Waals surface area contributed by atoms with Crippen LogP contribution in [0.3, 0.4) is 0 Å². The first-order chi connectivity index (χ1) is 15.8. The number of benzene rings is 2. The Balaban J connectivity index is 1.52. The predicted molar refractivity (Wildman–Crippen MR) is 119 cm³/mol. The van der Waals surface area contributed by atoms with Crippen LogP contribution in [0.1, 0.15) is 22.3 Å². The molecular weight excluding hydrogens is 469 g/mol. The van der Waals surface area contributed by atoms with Crippen LogP contribution in [0.2, 0.25) is 10.0 Å². The Morgan fingerprint density at radius 3 is 2.15 bits per heavy atom. The number of carbonyl (C=O) groups is 3. The quantitative estimate of drug-likeness (QED) is 0.272. The van der Waals surface area contributed by atoms with E-state index < -0.39 is 34.5 Å². The minimum Gasteiger partial charge on any atom is -0.272 e. The molecule has 5 rings (SSSR count). The molecular formula is C23H17Cl2N3O5. The highest BCUT2D eigenvalue weighted by atomic mass is 35.5. The Bertz CT molecular complexity index is 1200. The number of carbonyl (C=O) groups excluding carboxylic acids is 3. The molecule has 2 aromatic rings. The Morgan fingerprint density at radius 1 is 1.00 bits per heavy atom. The largest absolute Gasteiger partial charge is 0.273 e. The van der Waals surface area contributed by atoms with E-state index in [0.29, 0.717) is 10.6 Å². The summed E-state index contributed by atoms with van der Waals surface area (Å²) in [6, 6.07) is 9.81. The number of fused-ring (bicyclic) bond motifs is 5. The van der Waals surface area contributed by atoms with Crippen molar-refractivity contribution in [3.05, 3.63) is 85.9 Å². The number of imide groups is 1. The van der Waals surface area contributed by atoms with Crippen molar-refractivity contribution in [2.24, 2.45) is 23.7 Å². The van der Waals surface area contributed by atoms with E-state index in [0.717, 1.165) is 16.4 Å². The first kappa shape index (κ1) is 21.6. The van der Waals surface area contributed by atoms with Gasteiger partial charge in [-0.3, -0.25) is 24.5 Å². The van der Waals surface area contributed by atoms with Gasteiger partial charge in [0.25, 0.3) is 23.4 Å². The zero-order valence-corrected chi connectivity index (χ0v) is 18.6. The molecule has 0 aromatic heterocycles. The van der Waals surface area contributed by atoms with Crippen LogP contribution < -0.4 is 0 Å². The number of hydrogen-bond acceptors (Lipinski definition) is 5. The highest BCUT2D eigenvalue weighted by molar-refractivity contribution is 6.42. The Kier molecular flexibility index (Phi) is 5.22. The van der Waals surface area contributed by atoms with Gasteiger partial charge in [0.05, 0.1) is 33.3 Å². The topological polar surface area (TPSA) is 101 Å². The van der Waals surface area contributed by atoms with Crippen molar-refractivity contribution >= 4 is 46.6 Å². The van der Waals surface area contributed by atoms with Gasteiger partial charge in [-0.1, -0.05) is 41.4 Å². The third kappa shape index (κ3) is 3.50. The average Bonchev–Trinajstić information content (AvgIpc) is 3.48. The normalized spacial score (nSPS) is 25.0. The van der Waals surface area contributed by atoms with Crippen LogP contribution in [-0.4, -0.2) is 32.7 Å². The van der Waals surface area contributed by atoms with E-state index >= 15 is 0 Å². The van der Waals surface area contributed by atoms with Gasteiger partial charge in [-0.15, -0.1) is 0 Å². The second-order valence-corrected chi connectivity index (χ2v) is 9.22. The maximum atomic E-state index is 13.5. The Labute approximate surface area is 198 Å². The van der Waals surface area contributed by atoms with Crippen molar-refractivity contribution in [1.82, 2.24) is 10.0 Å². The van der Waals surface area contributed by atoms with Crippen molar-refractivity contribution in [3.8, 4) is 0 Å². The molecule has 2 bridgehead atoms. The fraction of sp³-hybridized carbons (Fsp3) is 0.261. The van der Waals surface area contributed by atoms with Crippen LogP contribution in [0.25, 0.3) is 0 Å². The number of halogens is 2. The maximum Gasteiger partial charge on any atom is 0.273 e. The first-order valence-corrected chi connectivity index (χ1v) is 11.1. The summed E-state index contributed by atoms with van der Waals surface area (Å²) in [4.78, 5) is 50.6. The summed E-state index contributed by atoms with van der Waals surface area (Å²) in [5.74, 6) is -2.42. The fourth-order valence-corrected chi connectivity index (χ4v) is 5.36. The summed E-state index contributed by atoms with van der Waals surface area (Å²) in [6.45, 7) is -0.105. The standard InChI is InChI=1S/C23H17Cl2N3O5/c24-17-8-1-12(9-18(17)25)11-26(21(29)13-4-6-16(7-5-13)28(32)33)27-22(30)19-14-2-3-15(10-14)20(19)23(27)31/h1-9,14-15,19-20H,10-11H2/t14-,15-,19-,20+/m0/s1. The number of allylic oxidation sites excluding steroid dienone is 2. The molecule has 3 aliphatic rings. The predicted octanol–water partition coefficient (Wildman–Crippen LogP) is 4.27. The van der Waals surface area contributed by atoms with Gasteiger partial charge in [0.15, 0.2) is 0 Å². The molecule has 0 spiro atoms. The maximum absolute atomic E-state index is 13.5. The van der Waals surface area contributed by atoms with Crippen molar-refractivity contribution in [2.75, 3.05) is 0 Å². The van der Waals surface area contributed by atoms with Crippen molar-refractivity contribution in [1.29, 1.82) is 0 Å². The summed E-state index contributed by atoms with van der Waals surface area (Å²) in [6.07, 6.45) is 4.72. The van der Waals surface area contributed by atoms with Crippen LogP contribution in [0.4, 0.5) is 5.69 Å². The summed E-state index contributed by atoms with van der Waals surface area (Å²) in [7, 11) is 0. The molecule has 0 radical (unpaired) electrons. The molecule has 8 nitrogen and oxygen atoms in total. The molecule has 4 atom stereocenters. The molecule has 33 heavy (non-hydrogen) atoms. The fourth-order valence-electron chi connectivity index (χ4n) is 5.04. The molecule has 1 saturated heterocycles. The molecule has 2 aliphatic carbocycles. The van der Waals surface area contributed by atoms with Gasteiger partial charge in [0.2, 0.25) is 0 Å². The molecule has 0 unspecified atom stereocenters. The monoisotopic (exact) mass is 485 g/mol. The van der Waals surface area contributed by atoms with E-state index in [2.05, 4.69) is 0 Å². The molecule has 1 aliphatic heterocycles. The number of hydrogen-bond donors (Lipinski definition) is 0. The number of rotatable bonds is 5. The van der Waals surface area contributed by atoms with Gasteiger partial charge in [-0.2, -0.15) is 5.01 Å². The van der Waals surface area contributed by atoms with E-state index in [9.17, 15) is 24.5 Å². The third-order valence-corrected chi connectivity index (χ3v) is 7.30. The molecule has 2 aromatic carbocycles. The molecule has 0 N–H and O–H groups in total. The highest BCUT2D eigenvalue weighted by Crippen LogP contribution is 2.53. The highest BCUT2D eigenvalue weighted by Gasteiger charge is 2.61. The van der Waals surface area contributed by atoms with Crippen LogP contribution in [-0.2, 0) is 16.1 Å². The van der Waals surface area contributed by atoms with E-state index in [1.807, 2.05) is 12.2 Å². The average molecular weight is 486 g/mol.